The molecule has 3 heterocycles. The van der Waals surface area contributed by atoms with E-state index in [1.54, 1.807) is 23.3 Å². The molecular formula is C16H20N4O2. The number of piperidine rings is 1. The molecule has 1 saturated heterocycles. The van der Waals surface area contributed by atoms with Crippen LogP contribution in [0.5, 0.6) is 5.75 Å². The number of aryl methyl sites for hydroxylation is 1. The maximum atomic E-state index is 12.2. The number of ether oxygens (including phenoxy) is 1. The van der Waals surface area contributed by atoms with Gasteiger partial charge in [0.05, 0.1) is 6.20 Å². The molecule has 0 aromatic carbocycles. The molecule has 22 heavy (non-hydrogen) atoms. The Morgan fingerprint density at radius 3 is 2.82 bits per heavy atom. The number of pyridine rings is 1. The summed E-state index contributed by atoms with van der Waals surface area (Å²) in [4.78, 5) is 18.3. The van der Waals surface area contributed by atoms with E-state index in [2.05, 4.69) is 10.1 Å². The van der Waals surface area contributed by atoms with Crippen LogP contribution < -0.4 is 4.74 Å². The van der Waals surface area contributed by atoms with E-state index in [-0.39, 0.29) is 12.0 Å². The number of hydrogen-bond acceptors (Lipinski definition) is 4. The fourth-order valence-electron chi connectivity index (χ4n) is 2.57. The SMILES string of the molecule is Cc1ccc(OC2CCN(C(=O)Cn3cccn3)CC2)cn1. The zero-order chi connectivity index (χ0) is 15.4. The van der Waals surface area contributed by atoms with Gasteiger partial charge in [0.25, 0.3) is 0 Å². The van der Waals surface area contributed by atoms with Crippen molar-refractivity contribution in [1.82, 2.24) is 19.7 Å². The van der Waals surface area contributed by atoms with Crippen LogP contribution >= 0.6 is 0 Å². The van der Waals surface area contributed by atoms with Gasteiger partial charge in [-0.25, -0.2) is 0 Å². The highest BCUT2D eigenvalue weighted by Gasteiger charge is 2.24. The Labute approximate surface area is 129 Å². The molecule has 1 aliphatic heterocycles. The third-order valence-corrected chi connectivity index (χ3v) is 3.84. The lowest BCUT2D eigenvalue weighted by atomic mass is 10.1. The third-order valence-electron chi connectivity index (χ3n) is 3.84. The molecule has 1 aliphatic rings. The van der Waals surface area contributed by atoms with Crippen LogP contribution in [-0.2, 0) is 11.3 Å². The second-order valence-electron chi connectivity index (χ2n) is 5.54. The van der Waals surface area contributed by atoms with Crippen LogP contribution in [0.2, 0.25) is 0 Å². The lowest BCUT2D eigenvalue weighted by Gasteiger charge is -2.32. The summed E-state index contributed by atoms with van der Waals surface area (Å²) in [5, 5.41) is 4.07. The molecule has 1 fully saturated rings. The van der Waals surface area contributed by atoms with Crippen LogP contribution in [0.3, 0.4) is 0 Å². The van der Waals surface area contributed by atoms with Crippen LogP contribution in [0.1, 0.15) is 18.5 Å². The second kappa shape index (κ2) is 6.60. The Balaban J connectivity index is 1.47. The van der Waals surface area contributed by atoms with Crippen molar-refractivity contribution < 1.29 is 9.53 Å². The quantitative estimate of drug-likeness (QED) is 0.861. The van der Waals surface area contributed by atoms with Gasteiger partial charge in [0.1, 0.15) is 18.4 Å². The summed E-state index contributed by atoms with van der Waals surface area (Å²) in [7, 11) is 0. The van der Waals surface area contributed by atoms with Crippen molar-refractivity contribution in [3.8, 4) is 5.75 Å². The molecule has 3 rings (SSSR count). The molecule has 2 aromatic rings. The first-order valence-corrected chi connectivity index (χ1v) is 7.55. The van der Waals surface area contributed by atoms with Gasteiger partial charge < -0.3 is 9.64 Å². The molecule has 0 bridgehead atoms. The highest BCUT2D eigenvalue weighted by molar-refractivity contribution is 5.76. The molecule has 0 N–H and O–H groups in total. The number of aromatic nitrogens is 3. The van der Waals surface area contributed by atoms with Gasteiger partial charge >= 0.3 is 0 Å². The molecule has 0 spiro atoms. The number of rotatable bonds is 4. The van der Waals surface area contributed by atoms with Crippen molar-refractivity contribution in [2.75, 3.05) is 13.1 Å². The Kier molecular flexibility index (Phi) is 4.37. The number of nitrogens with zero attached hydrogens (tertiary/aromatic N) is 4. The van der Waals surface area contributed by atoms with Gasteiger partial charge in [-0.05, 0) is 25.1 Å². The fraction of sp³-hybridized carbons (Fsp3) is 0.438. The van der Waals surface area contributed by atoms with Crippen LogP contribution in [0.15, 0.2) is 36.8 Å². The molecule has 0 radical (unpaired) electrons. The first-order valence-electron chi connectivity index (χ1n) is 7.55. The molecule has 116 valence electrons. The molecule has 6 nitrogen and oxygen atoms in total. The van der Waals surface area contributed by atoms with Gasteiger partial charge in [0.2, 0.25) is 5.91 Å². The van der Waals surface area contributed by atoms with E-state index < -0.39 is 0 Å². The maximum Gasteiger partial charge on any atom is 0.244 e. The van der Waals surface area contributed by atoms with E-state index >= 15 is 0 Å². The maximum absolute atomic E-state index is 12.2. The van der Waals surface area contributed by atoms with Gasteiger partial charge in [0, 0.05) is 44.0 Å². The van der Waals surface area contributed by atoms with E-state index in [1.165, 1.54) is 0 Å². The van der Waals surface area contributed by atoms with Gasteiger partial charge in [-0.1, -0.05) is 0 Å². The molecule has 0 unspecified atom stereocenters. The van der Waals surface area contributed by atoms with Gasteiger partial charge in [-0.2, -0.15) is 5.10 Å². The average molecular weight is 300 g/mol. The van der Waals surface area contributed by atoms with E-state index in [4.69, 9.17) is 4.74 Å². The summed E-state index contributed by atoms with van der Waals surface area (Å²) >= 11 is 0. The van der Waals surface area contributed by atoms with Crippen molar-refractivity contribution in [3.63, 3.8) is 0 Å². The molecule has 0 atom stereocenters. The van der Waals surface area contributed by atoms with Crippen LogP contribution in [0.25, 0.3) is 0 Å². The summed E-state index contributed by atoms with van der Waals surface area (Å²) in [6, 6.07) is 5.71. The molecular weight excluding hydrogens is 280 g/mol. The van der Waals surface area contributed by atoms with E-state index in [0.717, 1.165) is 37.4 Å². The minimum Gasteiger partial charge on any atom is -0.489 e. The highest BCUT2D eigenvalue weighted by atomic mass is 16.5. The van der Waals surface area contributed by atoms with Crippen molar-refractivity contribution in [3.05, 3.63) is 42.5 Å². The zero-order valence-corrected chi connectivity index (χ0v) is 12.7. The van der Waals surface area contributed by atoms with Crippen LogP contribution in [0, 0.1) is 6.92 Å². The number of carbonyl (C=O) groups is 1. The summed E-state index contributed by atoms with van der Waals surface area (Å²) in [6.45, 7) is 3.71. The molecule has 6 heteroatoms. The molecule has 0 saturated carbocycles. The van der Waals surface area contributed by atoms with Crippen molar-refractivity contribution in [1.29, 1.82) is 0 Å². The van der Waals surface area contributed by atoms with Gasteiger partial charge in [-0.15, -0.1) is 0 Å². The smallest absolute Gasteiger partial charge is 0.244 e. The van der Waals surface area contributed by atoms with Gasteiger partial charge in [-0.3, -0.25) is 14.5 Å². The van der Waals surface area contributed by atoms with E-state index in [9.17, 15) is 4.79 Å². The fourth-order valence-corrected chi connectivity index (χ4v) is 2.57. The number of carbonyl (C=O) groups excluding carboxylic acids is 1. The second-order valence-corrected chi connectivity index (χ2v) is 5.54. The first kappa shape index (κ1) is 14.6. The summed E-state index contributed by atoms with van der Waals surface area (Å²) in [5.41, 5.74) is 0.978. The Morgan fingerprint density at radius 2 is 2.18 bits per heavy atom. The largest absolute Gasteiger partial charge is 0.489 e. The van der Waals surface area contributed by atoms with E-state index in [0.29, 0.717) is 6.54 Å². The molecule has 0 aliphatic carbocycles. The highest BCUT2D eigenvalue weighted by Crippen LogP contribution is 2.18. The monoisotopic (exact) mass is 300 g/mol. The summed E-state index contributed by atoms with van der Waals surface area (Å²) in [6.07, 6.45) is 7.08. The number of likely N-dealkylation sites (tertiary alicyclic amines) is 1. The topological polar surface area (TPSA) is 60.2 Å². The number of amides is 1. The lowest BCUT2D eigenvalue weighted by Crippen LogP contribution is -2.43. The number of hydrogen-bond donors (Lipinski definition) is 0. The zero-order valence-electron chi connectivity index (χ0n) is 12.7. The Hall–Kier alpha value is -2.37. The van der Waals surface area contributed by atoms with Crippen molar-refractivity contribution >= 4 is 5.91 Å². The standard InChI is InChI=1S/C16H20N4O2/c1-13-3-4-15(11-17-13)22-14-5-9-19(10-6-14)16(21)12-20-8-2-7-18-20/h2-4,7-8,11,14H,5-6,9-10,12H2,1H3. The minimum absolute atomic E-state index is 0.110. The lowest BCUT2D eigenvalue weighted by molar-refractivity contribution is -0.133. The minimum atomic E-state index is 0.110. The average Bonchev–Trinajstić information content (AvgIpc) is 3.03. The van der Waals surface area contributed by atoms with Crippen molar-refractivity contribution in [2.45, 2.75) is 32.4 Å². The third kappa shape index (κ3) is 3.63. The van der Waals surface area contributed by atoms with E-state index in [1.807, 2.05) is 30.0 Å². The first-order chi connectivity index (χ1) is 10.7. The van der Waals surface area contributed by atoms with Gasteiger partial charge in [0.15, 0.2) is 0 Å². The summed E-state index contributed by atoms with van der Waals surface area (Å²) in [5.74, 6) is 0.908. The molecule has 1 amide bonds. The van der Waals surface area contributed by atoms with Crippen LogP contribution in [0.4, 0.5) is 0 Å². The van der Waals surface area contributed by atoms with Crippen LogP contribution in [-0.4, -0.2) is 44.8 Å². The van der Waals surface area contributed by atoms with Crippen molar-refractivity contribution in [2.24, 2.45) is 0 Å². The Morgan fingerprint density at radius 1 is 1.36 bits per heavy atom. The predicted molar refractivity (Wildman–Crippen MR) is 81.4 cm³/mol. The predicted octanol–water partition coefficient (Wildman–Crippen LogP) is 1.66. The summed E-state index contributed by atoms with van der Waals surface area (Å²) < 4.78 is 7.58. The Bertz CT molecular complexity index is 602. The normalized spacial score (nSPS) is 15.8. The molecule has 2 aromatic heterocycles.